The molecule has 2 aliphatic heterocycles. The number of benzene rings is 3. The second-order valence-electron chi connectivity index (χ2n) is 11.7. The maximum atomic E-state index is 14.3. The van der Waals surface area contributed by atoms with Gasteiger partial charge in [-0.1, -0.05) is 86.1 Å². The van der Waals surface area contributed by atoms with E-state index < -0.39 is 29.5 Å². The third-order valence-corrected chi connectivity index (χ3v) is 8.78. The lowest BCUT2D eigenvalue weighted by atomic mass is 9.66. The lowest BCUT2D eigenvalue weighted by molar-refractivity contribution is -0.178. The first-order valence-corrected chi connectivity index (χ1v) is 15.5. The van der Waals surface area contributed by atoms with Crippen molar-refractivity contribution in [3.8, 4) is 0 Å². The number of esters is 1. The standard InChI is InChI=1S/C36H42N2O6/c1-4-5-18-37-33(39)19-29-21-36(35(41)42-3)25(2)44-30(24-43-23-26-12-7-6-8-13-26)20-32(36)38(34(29)40)22-28-16-11-15-27-14-9-10-17-31(27)28/h6-17,20,25,29-30H,4-5,18-19,21-24H2,1-3H3,(H,37,39)/t25-,29+,30-,36+/m1/s1. The minimum Gasteiger partial charge on any atom is -0.468 e. The SMILES string of the molecule is CCCCNC(=O)C[C@H]1C[C@@]2(C(=O)OC)C(=C[C@H](COCc3ccccc3)O[C@@H]2C)N(Cc2cccc3ccccc23)C1=O. The molecule has 2 aliphatic rings. The summed E-state index contributed by atoms with van der Waals surface area (Å²) in [6.07, 6.45) is 2.64. The average molecular weight is 599 g/mol. The van der Waals surface area contributed by atoms with Gasteiger partial charge in [-0.3, -0.25) is 14.4 Å². The third-order valence-electron chi connectivity index (χ3n) is 8.78. The number of nitrogens with zero attached hydrogens (tertiary/aromatic N) is 1. The fourth-order valence-corrected chi connectivity index (χ4v) is 6.48. The molecule has 0 spiro atoms. The highest BCUT2D eigenvalue weighted by Crippen LogP contribution is 2.51. The second kappa shape index (κ2) is 14.2. The van der Waals surface area contributed by atoms with Crippen molar-refractivity contribution in [1.82, 2.24) is 10.2 Å². The Labute approximate surface area is 259 Å². The van der Waals surface area contributed by atoms with Crippen molar-refractivity contribution < 1.29 is 28.6 Å². The van der Waals surface area contributed by atoms with Gasteiger partial charge < -0.3 is 24.4 Å². The van der Waals surface area contributed by atoms with Gasteiger partial charge in [0.25, 0.3) is 0 Å². The van der Waals surface area contributed by atoms with Gasteiger partial charge in [0.2, 0.25) is 11.8 Å². The van der Waals surface area contributed by atoms with Gasteiger partial charge in [0.1, 0.15) is 11.5 Å². The van der Waals surface area contributed by atoms with Crippen LogP contribution in [0.3, 0.4) is 0 Å². The Bertz CT molecular complexity index is 1500. The normalized spacial score (nSPS) is 23.2. The predicted octanol–water partition coefficient (Wildman–Crippen LogP) is 5.54. The van der Waals surface area contributed by atoms with E-state index in [1.165, 1.54) is 7.11 Å². The Hall–Kier alpha value is -4.01. The fraction of sp³-hybridized carbons (Fsp3) is 0.417. The molecule has 0 aliphatic carbocycles. The zero-order valence-corrected chi connectivity index (χ0v) is 25.8. The minimum atomic E-state index is -1.27. The van der Waals surface area contributed by atoms with Crippen LogP contribution >= 0.6 is 0 Å². The van der Waals surface area contributed by atoms with Crippen molar-refractivity contribution in [3.63, 3.8) is 0 Å². The second-order valence-corrected chi connectivity index (χ2v) is 11.7. The number of ether oxygens (including phenoxy) is 3. The molecular formula is C36H42N2O6. The summed E-state index contributed by atoms with van der Waals surface area (Å²) in [5, 5.41) is 5.01. The van der Waals surface area contributed by atoms with E-state index in [4.69, 9.17) is 14.2 Å². The summed E-state index contributed by atoms with van der Waals surface area (Å²) in [7, 11) is 1.36. The summed E-state index contributed by atoms with van der Waals surface area (Å²) in [5.74, 6) is -1.59. The van der Waals surface area contributed by atoms with Crippen molar-refractivity contribution in [2.24, 2.45) is 11.3 Å². The van der Waals surface area contributed by atoms with Gasteiger partial charge in [0.15, 0.2) is 0 Å². The van der Waals surface area contributed by atoms with Gasteiger partial charge in [0, 0.05) is 24.6 Å². The molecule has 44 heavy (non-hydrogen) atoms. The summed E-state index contributed by atoms with van der Waals surface area (Å²) >= 11 is 0. The number of carbonyl (C=O) groups excluding carboxylic acids is 3. The van der Waals surface area contributed by atoms with E-state index in [2.05, 4.69) is 12.2 Å². The first kappa shape index (κ1) is 31.4. The summed E-state index contributed by atoms with van der Waals surface area (Å²) in [6.45, 7) is 5.35. The van der Waals surface area contributed by atoms with E-state index in [-0.39, 0.29) is 37.8 Å². The highest BCUT2D eigenvalue weighted by Gasteiger charge is 2.59. The van der Waals surface area contributed by atoms with Crippen LogP contribution in [0.15, 0.2) is 84.6 Å². The Kier molecular flexibility index (Phi) is 10.1. The Morgan fingerprint density at radius 2 is 1.80 bits per heavy atom. The molecule has 1 fully saturated rings. The zero-order chi connectivity index (χ0) is 31.1. The number of unbranched alkanes of at least 4 members (excludes halogenated alkanes) is 1. The first-order valence-electron chi connectivity index (χ1n) is 15.5. The lowest BCUT2D eigenvalue weighted by Crippen LogP contribution is -2.60. The molecule has 1 saturated heterocycles. The molecule has 0 radical (unpaired) electrons. The molecular weight excluding hydrogens is 556 g/mol. The maximum Gasteiger partial charge on any atom is 0.320 e. The van der Waals surface area contributed by atoms with Crippen molar-refractivity contribution in [2.45, 2.75) is 64.9 Å². The molecule has 2 amide bonds. The molecule has 0 unspecified atom stereocenters. The highest BCUT2D eigenvalue weighted by atomic mass is 16.5. The molecule has 232 valence electrons. The molecule has 8 heteroatoms. The van der Waals surface area contributed by atoms with Gasteiger partial charge in [-0.2, -0.15) is 0 Å². The van der Waals surface area contributed by atoms with Gasteiger partial charge >= 0.3 is 5.97 Å². The maximum absolute atomic E-state index is 14.3. The molecule has 8 nitrogen and oxygen atoms in total. The van der Waals surface area contributed by atoms with Crippen LogP contribution in [0.25, 0.3) is 10.8 Å². The average Bonchev–Trinajstić information content (AvgIpc) is 3.04. The van der Waals surface area contributed by atoms with Crippen LogP contribution in [0.1, 0.15) is 50.7 Å². The monoisotopic (exact) mass is 598 g/mol. The minimum absolute atomic E-state index is 0.0169. The number of hydrogen-bond donors (Lipinski definition) is 1. The van der Waals surface area contributed by atoms with Crippen LogP contribution in [0, 0.1) is 11.3 Å². The van der Waals surface area contributed by atoms with Crippen molar-refractivity contribution in [1.29, 1.82) is 0 Å². The van der Waals surface area contributed by atoms with E-state index in [1.807, 2.05) is 85.8 Å². The summed E-state index contributed by atoms with van der Waals surface area (Å²) in [5.41, 5.74) is 1.27. The zero-order valence-electron chi connectivity index (χ0n) is 25.8. The Balaban J connectivity index is 1.51. The van der Waals surface area contributed by atoms with E-state index in [0.717, 1.165) is 34.7 Å². The number of rotatable bonds is 12. The van der Waals surface area contributed by atoms with Crippen LogP contribution in [0.2, 0.25) is 0 Å². The molecule has 5 rings (SSSR count). The van der Waals surface area contributed by atoms with Gasteiger partial charge in [0.05, 0.1) is 33.0 Å². The Morgan fingerprint density at radius 3 is 2.57 bits per heavy atom. The van der Waals surface area contributed by atoms with Gasteiger partial charge in [-0.15, -0.1) is 0 Å². The number of hydrogen-bond acceptors (Lipinski definition) is 6. The van der Waals surface area contributed by atoms with Crippen LogP contribution in [-0.4, -0.2) is 55.2 Å². The highest BCUT2D eigenvalue weighted by molar-refractivity contribution is 5.93. The number of amides is 2. The van der Waals surface area contributed by atoms with Gasteiger partial charge in [-0.25, -0.2) is 0 Å². The Morgan fingerprint density at radius 1 is 1.05 bits per heavy atom. The number of nitrogens with one attached hydrogen (secondary N) is 1. The number of piperidine rings is 1. The topological polar surface area (TPSA) is 94.2 Å². The van der Waals surface area contributed by atoms with E-state index in [0.29, 0.717) is 18.8 Å². The van der Waals surface area contributed by atoms with Crippen molar-refractivity contribution in [3.05, 3.63) is 95.7 Å². The smallest absolute Gasteiger partial charge is 0.320 e. The number of likely N-dealkylation sites (tertiary alicyclic amines) is 1. The molecule has 4 atom stereocenters. The van der Waals surface area contributed by atoms with E-state index in [9.17, 15) is 14.4 Å². The molecule has 0 bridgehead atoms. The molecule has 3 aromatic carbocycles. The fourth-order valence-electron chi connectivity index (χ4n) is 6.48. The van der Waals surface area contributed by atoms with Crippen LogP contribution in [-0.2, 0) is 41.7 Å². The van der Waals surface area contributed by atoms with Crippen molar-refractivity contribution >= 4 is 28.6 Å². The first-order chi connectivity index (χ1) is 21.4. The summed E-state index contributed by atoms with van der Waals surface area (Å²) in [4.78, 5) is 42.8. The molecule has 2 heterocycles. The van der Waals surface area contributed by atoms with Crippen LogP contribution in [0.5, 0.6) is 0 Å². The van der Waals surface area contributed by atoms with Gasteiger partial charge in [-0.05, 0) is 47.7 Å². The van der Waals surface area contributed by atoms with Crippen molar-refractivity contribution in [2.75, 3.05) is 20.3 Å². The number of carbonyl (C=O) groups is 3. The number of methoxy groups -OCH3 is 1. The van der Waals surface area contributed by atoms with E-state index in [1.54, 1.807) is 4.90 Å². The quantitative estimate of drug-likeness (QED) is 0.217. The third kappa shape index (κ3) is 6.56. The molecule has 3 aromatic rings. The molecule has 0 aromatic heterocycles. The summed E-state index contributed by atoms with van der Waals surface area (Å²) in [6, 6.07) is 23.9. The largest absolute Gasteiger partial charge is 0.468 e. The summed E-state index contributed by atoms with van der Waals surface area (Å²) < 4.78 is 17.8. The molecule has 1 N–H and O–H groups in total. The number of fused-ring (bicyclic) bond motifs is 2. The van der Waals surface area contributed by atoms with Crippen LogP contribution in [0.4, 0.5) is 0 Å². The lowest BCUT2D eigenvalue weighted by Gasteiger charge is -2.51. The van der Waals surface area contributed by atoms with Crippen LogP contribution < -0.4 is 5.32 Å². The predicted molar refractivity (Wildman–Crippen MR) is 168 cm³/mol. The molecule has 0 saturated carbocycles. The van der Waals surface area contributed by atoms with E-state index >= 15 is 0 Å².